The first kappa shape index (κ1) is 24.3. The van der Waals surface area contributed by atoms with E-state index in [2.05, 4.69) is 10.1 Å². The number of benzene rings is 1. The van der Waals surface area contributed by atoms with Crippen molar-refractivity contribution in [3.05, 3.63) is 41.4 Å². The van der Waals surface area contributed by atoms with Gasteiger partial charge < -0.3 is 20.0 Å². The molecule has 1 aromatic carbocycles. The second-order valence-corrected chi connectivity index (χ2v) is 10.3. The van der Waals surface area contributed by atoms with Crippen molar-refractivity contribution >= 4 is 44.0 Å². The van der Waals surface area contributed by atoms with Crippen molar-refractivity contribution in [2.45, 2.75) is 43.6 Å². The SMILES string of the molecule is CC(OC(=O)C(=NOCC(=O)OC(C)(C)C)c1csc(N)n1)S(=O)(=O)c1ccccc1. The normalized spacial score (nSPS) is 13.4. The smallest absolute Gasteiger partial charge is 0.364 e. The molecule has 0 aliphatic heterocycles. The summed E-state index contributed by atoms with van der Waals surface area (Å²) in [7, 11) is -3.95. The van der Waals surface area contributed by atoms with Crippen LogP contribution in [-0.4, -0.2) is 48.7 Å². The molecule has 1 atom stereocenters. The molecular formula is C19H23N3O7S2. The first-order valence-electron chi connectivity index (χ1n) is 9.03. The number of nitrogens with zero attached hydrogens (tertiary/aromatic N) is 2. The summed E-state index contributed by atoms with van der Waals surface area (Å²) in [6, 6.07) is 7.54. The van der Waals surface area contributed by atoms with E-state index in [4.69, 9.17) is 20.0 Å². The highest BCUT2D eigenvalue weighted by Gasteiger charge is 2.30. The summed E-state index contributed by atoms with van der Waals surface area (Å²) >= 11 is 1.03. The van der Waals surface area contributed by atoms with Gasteiger partial charge in [-0.3, -0.25) is 0 Å². The molecule has 1 unspecified atom stereocenters. The van der Waals surface area contributed by atoms with Gasteiger partial charge in [0.1, 0.15) is 11.3 Å². The molecule has 0 fully saturated rings. The highest BCUT2D eigenvalue weighted by Crippen LogP contribution is 2.18. The molecule has 0 spiro atoms. The predicted octanol–water partition coefficient (Wildman–Crippen LogP) is 2.15. The Bertz CT molecular complexity index is 1060. The van der Waals surface area contributed by atoms with Crippen LogP contribution < -0.4 is 5.73 Å². The maximum Gasteiger partial charge on any atom is 0.364 e. The molecule has 168 valence electrons. The first-order valence-corrected chi connectivity index (χ1v) is 11.5. The minimum Gasteiger partial charge on any atom is -0.457 e. The Kier molecular flexibility index (Phi) is 7.74. The fourth-order valence-electron chi connectivity index (χ4n) is 2.18. The number of esters is 2. The molecule has 1 aromatic heterocycles. The quantitative estimate of drug-likeness (QED) is 0.349. The maximum absolute atomic E-state index is 12.7. The van der Waals surface area contributed by atoms with Gasteiger partial charge in [0.15, 0.2) is 5.13 Å². The first-order chi connectivity index (χ1) is 14.4. The van der Waals surface area contributed by atoms with E-state index in [1.807, 2.05) is 0 Å². The van der Waals surface area contributed by atoms with E-state index >= 15 is 0 Å². The molecule has 10 nitrogen and oxygen atoms in total. The zero-order valence-corrected chi connectivity index (χ0v) is 19.0. The number of aromatic nitrogens is 1. The van der Waals surface area contributed by atoms with E-state index in [0.29, 0.717) is 0 Å². The largest absolute Gasteiger partial charge is 0.457 e. The van der Waals surface area contributed by atoms with Crippen molar-refractivity contribution in [2.24, 2.45) is 5.16 Å². The van der Waals surface area contributed by atoms with Crippen LogP contribution in [0.2, 0.25) is 0 Å². The second kappa shape index (κ2) is 9.88. The zero-order valence-electron chi connectivity index (χ0n) is 17.4. The van der Waals surface area contributed by atoms with Crippen LogP contribution in [0.15, 0.2) is 45.8 Å². The van der Waals surface area contributed by atoms with Gasteiger partial charge in [0.2, 0.25) is 27.6 Å². The number of rotatable bonds is 8. The number of carbonyl (C=O) groups excluding carboxylic acids is 2. The van der Waals surface area contributed by atoms with Crippen LogP contribution in [0.25, 0.3) is 0 Å². The van der Waals surface area contributed by atoms with E-state index in [9.17, 15) is 18.0 Å². The average Bonchev–Trinajstić information content (AvgIpc) is 3.10. The van der Waals surface area contributed by atoms with Crippen molar-refractivity contribution in [3.63, 3.8) is 0 Å². The Morgan fingerprint density at radius 2 is 1.87 bits per heavy atom. The van der Waals surface area contributed by atoms with E-state index in [1.54, 1.807) is 39.0 Å². The lowest BCUT2D eigenvalue weighted by Gasteiger charge is -2.18. The number of hydrogen-bond donors (Lipinski definition) is 1. The molecule has 1 heterocycles. The summed E-state index contributed by atoms with van der Waals surface area (Å²) < 4.78 is 35.4. The lowest BCUT2D eigenvalue weighted by molar-refractivity contribution is -0.160. The molecule has 31 heavy (non-hydrogen) atoms. The molecule has 0 saturated heterocycles. The van der Waals surface area contributed by atoms with Crippen molar-refractivity contribution in [1.82, 2.24) is 4.98 Å². The fraction of sp³-hybridized carbons (Fsp3) is 0.368. The van der Waals surface area contributed by atoms with E-state index in [1.165, 1.54) is 24.4 Å². The van der Waals surface area contributed by atoms with Crippen LogP contribution in [0, 0.1) is 0 Å². The molecule has 0 aliphatic carbocycles. The van der Waals surface area contributed by atoms with Gasteiger partial charge in [-0.25, -0.2) is 23.0 Å². The van der Waals surface area contributed by atoms with E-state index < -0.39 is 45.1 Å². The molecule has 0 aliphatic rings. The van der Waals surface area contributed by atoms with Gasteiger partial charge in [0.25, 0.3) is 0 Å². The molecule has 0 saturated carbocycles. The number of oxime groups is 1. The molecule has 12 heteroatoms. The summed E-state index contributed by atoms with van der Waals surface area (Å²) in [6.07, 6.45) is 0. The average molecular weight is 470 g/mol. The summed E-state index contributed by atoms with van der Waals surface area (Å²) in [5.41, 5.74) is 2.93. The molecule has 0 radical (unpaired) electrons. The van der Waals surface area contributed by atoms with Gasteiger partial charge in [-0.2, -0.15) is 0 Å². The van der Waals surface area contributed by atoms with E-state index in [-0.39, 0.29) is 15.7 Å². The van der Waals surface area contributed by atoms with Gasteiger partial charge in [0, 0.05) is 5.38 Å². The Morgan fingerprint density at radius 1 is 1.23 bits per heavy atom. The summed E-state index contributed by atoms with van der Waals surface area (Å²) in [5.74, 6) is -1.82. The van der Waals surface area contributed by atoms with Crippen molar-refractivity contribution in [1.29, 1.82) is 0 Å². The fourth-order valence-corrected chi connectivity index (χ4v) is 3.86. The predicted molar refractivity (Wildman–Crippen MR) is 114 cm³/mol. The minimum atomic E-state index is -3.95. The number of nitrogen functional groups attached to an aromatic ring is 1. The van der Waals surface area contributed by atoms with Gasteiger partial charge in [-0.1, -0.05) is 23.4 Å². The highest BCUT2D eigenvalue weighted by molar-refractivity contribution is 7.91. The van der Waals surface area contributed by atoms with Crippen molar-refractivity contribution in [3.8, 4) is 0 Å². The monoisotopic (exact) mass is 469 g/mol. The lowest BCUT2D eigenvalue weighted by Crippen LogP contribution is -2.30. The molecule has 0 bridgehead atoms. The summed E-state index contributed by atoms with van der Waals surface area (Å²) in [5, 5.41) is 5.19. The third-order valence-electron chi connectivity index (χ3n) is 3.50. The molecular weight excluding hydrogens is 446 g/mol. The zero-order chi connectivity index (χ0) is 23.2. The molecule has 0 amide bonds. The van der Waals surface area contributed by atoms with E-state index in [0.717, 1.165) is 11.3 Å². The summed E-state index contributed by atoms with van der Waals surface area (Å²) in [6.45, 7) is 5.69. The van der Waals surface area contributed by atoms with Gasteiger partial charge in [-0.05, 0) is 39.8 Å². The molecule has 2 N–H and O–H groups in total. The molecule has 2 rings (SSSR count). The molecule has 2 aromatic rings. The maximum atomic E-state index is 12.7. The number of thiazole rings is 1. The van der Waals surface area contributed by atoms with Crippen molar-refractivity contribution < 1.29 is 32.3 Å². The number of nitrogens with two attached hydrogens (primary N) is 1. The highest BCUT2D eigenvalue weighted by atomic mass is 32.2. The summed E-state index contributed by atoms with van der Waals surface area (Å²) in [4.78, 5) is 33.3. The van der Waals surface area contributed by atoms with Gasteiger partial charge >= 0.3 is 11.9 Å². The Hall–Kier alpha value is -2.99. The Labute approximate surface area is 183 Å². The van der Waals surface area contributed by atoms with Gasteiger partial charge in [0.05, 0.1) is 4.90 Å². The lowest BCUT2D eigenvalue weighted by atomic mass is 10.2. The van der Waals surface area contributed by atoms with Crippen LogP contribution in [0.4, 0.5) is 5.13 Å². The van der Waals surface area contributed by atoms with Crippen LogP contribution in [0.5, 0.6) is 0 Å². The van der Waals surface area contributed by atoms with Crippen molar-refractivity contribution in [2.75, 3.05) is 12.3 Å². The number of anilines is 1. The van der Waals surface area contributed by atoms with Crippen LogP contribution >= 0.6 is 11.3 Å². The third kappa shape index (κ3) is 7.03. The number of hydrogen-bond acceptors (Lipinski definition) is 11. The van der Waals surface area contributed by atoms with Crippen LogP contribution in [-0.2, 0) is 33.7 Å². The number of sulfone groups is 1. The van der Waals surface area contributed by atoms with Crippen LogP contribution in [0.3, 0.4) is 0 Å². The standard InChI is InChI=1S/C19H23N3O7S2/c1-12(31(25,26)13-8-6-5-7-9-13)28-17(24)16(14-11-30-18(20)21-14)22-27-10-15(23)29-19(2,3)4/h5-9,11-12H,10H2,1-4H3,(H2,20,21). The minimum absolute atomic E-state index is 0.00660. The second-order valence-electron chi connectivity index (χ2n) is 7.20. The third-order valence-corrected chi connectivity index (χ3v) is 6.07. The number of ether oxygens (including phenoxy) is 2. The Balaban J connectivity index is 2.18. The Morgan fingerprint density at radius 3 is 2.42 bits per heavy atom. The topological polar surface area (TPSA) is 147 Å². The number of carbonyl (C=O) groups is 2. The van der Waals surface area contributed by atoms with Crippen LogP contribution in [0.1, 0.15) is 33.4 Å². The van der Waals surface area contributed by atoms with Gasteiger partial charge in [-0.15, -0.1) is 11.3 Å².